The first-order chi connectivity index (χ1) is 14.9. The Morgan fingerprint density at radius 2 is 1.90 bits per heavy atom. The SMILES string of the molecule is CCOc1ccc([S+]([O-])N[C@H]2CC[C@H](C(=O)N[C@H](C)c3ccc(F)cc3)CC2)cc1N. The number of benzene rings is 2. The number of nitrogens with one attached hydrogen (secondary N) is 2. The van der Waals surface area contributed by atoms with Crippen molar-refractivity contribution in [1.29, 1.82) is 0 Å². The van der Waals surface area contributed by atoms with Crippen molar-refractivity contribution in [2.45, 2.75) is 56.5 Å². The zero-order chi connectivity index (χ0) is 22.4. The summed E-state index contributed by atoms with van der Waals surface area (Å²) in [6, 6.07) is 11.2. The Balaban J connectivity index is 1.47. The second-order valence-corrected chi connectivity index (χ2v) is 9.09. The summed E-state index contributed by atoms with van der Waals surface area (Å²) in [7, 11) is 0. The number of hydrogen-bond donors (Lipinski definition) is 3. The Labute approximate surface area is 186 Å². The van der Waals surface area contributed by atoms with Gasteiger partial charge in [-0.3, -0.25) is 4.79 Å². The first-order valence-electron chi connectivity index (χ1n) is 10.6. The molecule has 1 aliphatic carbocycles. The molecule has 1 unspecified atom stereocenters. The molecule has 0 saturated heterocycles. The predicted molar refractivity (Wildman–Crippen MR) is 120 cm³/mol. The molecular formula is C23H30FN3O3S. The van der Waals surface area contributed by atoms with Crippen molar-refractivity contribution in [1.82, 2.24) is 10.0 Å². The predicted octanol–water partition coefficient (Wildman–Crippen LogP) is 3.86. The maximum atomic E-state index is 13.1. The Bertz CT molecular complexity index is 873. The monoisotopic (exact) mass is 447 g/mol. The fourth-order valence-electron chi connectivity index (χ4n) is 3.79. The van der Waals surface area contributed by atoms with Crippen LogP contribution in [0.4, 0.5) is 10.1 Å². The molecule has 0 aliphatic heterocycles. The van der Waals surface area contributed by atoms with Gasteiger partial charge in [-0.05, 0) is 69.4 Å². The molecule has 0 aromatic heterocycles. The van der Waals surface area contributed by atoms with Crippen LogP contribution in [0, 0.1) is 11.7 Å². The van der Waals surface area contributed by atoms with Crippen LogP contribution in [-0.4, -0.2) is 23.1 Å². The first kappa shape index (κ1) is 23.4. The van der Waals surface area contributed by atoms with Crippen molar-refractivity contribution in [3.63, 3.8) is 0 Å². The number of carbonyl (C=O) groups excluding carboxylic acids is 1. The third-order valence-electron chi connectivity index (χ3n) is 5.60. The summed E-state index contributed by atoms with van der Waals surface area (Å²) >= 11 is -1.38. The summed E-state index contributed by atoms with van der Waals surface area (Å²) in [5.41, 5.74) is 7.30. The maximum Gasteiger partial charge on any atom is 0.223 e. The molecule has 4 N–H and O–H groups in total. The summed E-state index contributed by atoms with van der Waals surface area (Å²) in [5, 5.41) is 3.02. The van der Waals surface area contributed by atoms with E-state index in [4.69, 9.17) is 10.5 Å². The number of amides is 1. The minimum Gasteiger partial charge on any atom is -0.593 e. The fraction of sp³-hybridized carbons (Fsp3) is 0.435. The lowest BCUT2D eigenvalue weighted by atomic mass is 9.85. The molecule has 2 aromatic rings. The highest BCUT2D eigenvalue weighted by atomic mass is 32.2. The molecule has 168 valence electrons. The van der Waals surface area contributed by atoms with E-state index in [0.29, 0.717) is 22.9 Å². The van der Waals surface area contributed by atoms with Crippen LogP contribution in [0.15, 0.2) is 47.4 Å². The van der Waals surface area contributed by atoms with Gasteiger partial charge >= 0.3 is 0 Å². The van der Waals surface area contributed by atoms with Crippen molar-refractivity contribution in [3.05, 3.63) is 53.8 Å². The molecule has 6 nitrogen and oxygen atoms in total. The molecule has 8 heteroatoms. The van der Waals surface area contributed by atoms with Crippen LogP contribution in [0.1, 0.15) is 51.1 Å². The number of nitrogens with two attached hydrogens (primary N) is 1. The lowest BCUT2D eigenvalue weighted by Gasteiger charge is -2.29. The molecular weight excluding hydrogens is 417 g/mol. The van der Waals surface area contributed by atoms with Gasteiger partial charge in [-0.2, -0.15) is 0 Å². The van der Waals surface area contributed by atoms with Crippen molar-refractivity contribution in [2.24, 2.45) is 5.92 Å². The molecule has 2 atom stereocenters. The van der Waals surface area contributed by atoms with Crippen LogP contribution in [0.5, 0.6) is 5.75 Å². The lowest BCUT2D eigenvalue weighted by Crippen LogP contribution is -2.41. The molecule has 31 heavy (non-hydrogen) atoms. The van der Waals surface area contributed by atoms with Crippen LogP contribution in [0.2, 0.25) is 0 Å². The topological polar surface area (TPSA) is 99.4 Å². The van der Waals surface area contributed by atoms with E-state index in [9.17, 15) is 13.7 Å². The van der Waals surface area contributed by atoms with Gasteiger partial charge in [0.05, 0.1) is 35.7 Å². The quantitative estimate of drug-likeness (QED) is 0.422. The van der Waals surface area contributed by atoms with Gasteiger partial charge in [0.15, 0.2) is 4.90 Å². The number of ether oxygens (including phenoxy) is 1. The second-order valence-electron chi connectivity index (χ2n) is 7.85. The second kappa shape index (κ2) is 10.8. The molecule has 1 aliphatic rings. The van der Waals surface area contributed by atoms with Crippen LogP contribution >= 0.6 is 0 Å². The highest BCUT2D eigenvalue weighted by molar-refractivity contribution is 7.89. The number of anilines is 1. The van der Waals surface area contributed by atoms with E-state index in [1.165, 1.54) is 12.1 Å². The zero-order valence-electron chi connectivity index (χ0n) is 17.9. The summed E-state index contributed by atoms with van der Waals surface area (Å²) in [4.78, 5) is 13.2. The van der Waals surface area contributed by atoms with Crippen LogP contribution in [0.3, 0.4) is 0 Å². The van der Waals surface area contributed by atoms with Gasteiger partial charge in [-0.25, -0.2) is 4.39 Å². The molecule has 0 bridgehead atoms. The van der Waals surface area contributed by atoms with Gasteiger partial charge in [-0.15, -0.1) is 4.72 Å². The van der Waals surface area contributed by atoms with E-state index in [1.54, 1.807) is 30.3 Å². The Kier molecular flexibility index (Phi) is 8.17. The van der Waals surface area contributed by atoms with Gasteiger partial charge < -0.3 is 20.3 Å². The van der Waals surface area contributed by atoms with Gasteiger partial charge in [0.1, 0.15) is 11.6 Å². The fourth-order valence-corrected chi connectivity index (χ4v) is 4.89. The number of rotatable bonds is 8. The van der Waals surface area contributed by atoms with Gasteiger partial charge in [-0.1, -0.05) is 12.1 Å². The molecule has 3 rings (SSSR count). The van der Waals surface area contributed by atoms with E-state index in [1.807, 2.05) is 13.8 Å². The van der Waals surface area contributed by atoms with Gasteiger partial charge in [0.25, 0.3) is 0 Å². The highest BCUT2D eigenvalue weighted by Gasteiger charge is 2.30. The third kappa shape index (κ3) is 6.35. The van der Waals surface area contributed by atoms with Crippen molar-refractivity contribution in [3.8, 4) is 5.75 Å². The summed E-state index contributed by atoms with van der Waals surface area (Å²) in [6.45, 7) is 4.29. The molecule has 1 fully saturated rings. The van der Waals surface area contributed by atoms with E-state index in [-0.39, 0.29) is 29.7 Å². The van der Waals surface area contributed by atoms with Crippen molar-refractivity contribution in [2.75, 3.05) is 12.3 Å². The normalized spacial score (nSPS) is 20.6. The zero-order valence-corrected chi connectivity index (χ0v) is 18.7. The smallest absolute Gasteiger partial charge is 0.223 e. The Morgan fingerprint density at radius 1 is 1.23 bits per heavy atom. The maximum absolute atomic E-state index is 13.1. The third-order valence-corrected chi connectivity index (χ3v) is 6.83. The number of carbonyl (C=O) groups is 1. The van der Waals surface area contributed by atoms with Crippen LogP contribution in [-0.2, 0) is 16.2 Å². The molecule has 0 spiro atoms. The molecule has 1 saturated carbocycles. The van der Waals surface area contributed by atoms with E-state index in [0.717, 1.165) is 31.2 Å². The first-order valence-corrected chi connectivity index (χ1v) is 11.8. The summed E-state index contributed by atoms with van der Waals surface area (Å²) in [5.74, 6) is 0.231. The Morgan fingerprint density at radius 3 is 2.52 bits per heavy atom. The molecule has 2 aromatic carbocycles. The summed E-state index contributed by atoms with van der Waals surface area (Å²) in [6.07, 6.45) is 2.98. The standard InChI is InChI=1S/C23H30FN3O3S/c1-3-30-22-13-12-20(14-21(22)25)31(29)27-19-10-6-17(7-11-19)23(28)26-15(2)16-4-8-18(24)9-5-16/h4-5,8-9,12-15,17,19,27H,3,6-7,10-11,25H2,1-2H3,(H,26,28)/t15-,17-,19-,31?/m1/s1. The van der Waals surface area contributed by atoms with Crippen LogP contribution in [0.25, 0.3) is 0 Å². The highest BCUT2D eigenvalue weighted by Crippen LogP contribution is 2.28. The van der Waals surface area contributed by atoms with Crippen molar-refractivity contribution < 1.29 is 18.5 Å². The van der Waals surface area contributed by atoms with E-state index >= 15 is 0 Å². The average molecular weight is 448 g/mol. The average Bonchev–Trinajstić information content (AvgIpc) is 2.76. The van der Waals surface area contributed by atoms with Crippen molar-refractivity contribution >= 4 is 23.0 Å². The van der Waals surface area contributed by atoms with Crippen LogP contribution < -0.4 is 20.5 Å². The van der Waals surface area contributed by atoms with Gasteiger partial charge in [0, 0.05) is 12.0 Å². The molecule has 0 heterocycles. The van der Waals surface area contributed by atoms with E-state index < -0.39 is 11.4 Å². The lowest BCUT2D eigenvalue weighted by molar-refractivity contribution is -0.126. The number of halogens is 1. The number of nitrogen functional groups attached to an aromatic ring is 1. The van der Waals surface area contributed by atoms with Gasteiger partial charge in [0.2, 0.25) is 5.91 Å². The molecule has 1 amide bonds. The summed E-state index contributed by atoms with van der Waals surface area (Å²) < 4.78 is 34.3. The molecule has 0 radical (unpaired) electrons. The largest absolute Gasteiger partial charge is 0.593 e. The minimum absolute atomic E-state index is 0.00989. The minimum atomic E-state index is -1.38. The van der Waals surface area contributed by atoms with E-state index in [2.05, 4.69) is 10.0 Å². The number of hydrogen-bond acceptors (Lipinski definition) is 5. The Hall–Kier alpha value is -2.29.